The van der Waals surface area contributed by atoms with Crippen LogP contribution in [0.3, 0.4) is 0 Å². The first kappa shape index (κ1) is 23.4. The molecule has 0 aliphatic heterocycles. The Morgan fingerprint density at radius 2 is 0.917 bits per heavy atom. The molecule has 0 saturated heterocycles. The molecular formula is H6BiO8P3. The van der Waals surface area contributed by atoms with Crippen LogP contribution in [0.1, 0.15) is 0 Å². The first-order valence-electron chi connectivity index (χ1n) is 1.51. The fourth-order valence-corrected chi connectivity index (χ4v) is 0. The van der Waals surface area contributed by atoms with Crippen molar-refractivity contribution in [1.29, 1.82) is 0 Å². The Kier molecular flexibility index (Phi) is 17.7. The van der Waals surface area contributed by atoms with Gasteiger partial charge in [0.05, 0.1) is 0 Å². The van der Waals surface area contributed by atoms with Gasteiger partial charge in [0.1, 0.15) is 0 Å². The van der Waals surface area contributed by atoms with Crippen molar-refractivity contribution in [2.45, 2.75) is 0 Å². The van der Waals surface area contributed by atoms with Gasteiger partial charge < -0.3 is 33.9 Å². The Labute approximate surface area is 90.2 Å². The molecule has 0 aliphatic carbocycles. The molecule has 0 heterocycles. The van der Waals surface area contributed by atoms with E-state index in [9.17, 15) is 0 Å². The van der Waals surface area contributed by atoms with Gasteiger partial charge in [-0.05, 0) is 0 Å². The summed E-state index contributed by atoms with van der Waals surface area (Å²) in [6.07, 6.45) is 0. The third-order valence-corrected chi connectivity index (χ3v) is 0. The van der Waals surface area contributed by atoms with Crippen LogP contribution >= 0.6 is 25.5 Å². The summed E-state index contributed by atoms with van der Waals surface area (Å²) in [4.78, 5) is 47.2. The maximum atomic E-state index is 8.88. The molecule has 3 N–H and O–H groups in total. The Hall–Kier alpha value is 1.53. The molecule has 0 spiro atoms. The molecule has 12 heavy (non-hydrogen) atoms. The summed E-state index contributed by atoms with van der Waals surface area (Å²) in [5.41, 5.74) is 0. The number of hydrogen-bond acceptors (Lipinski definition) is 5. The van der Waals surface area contributed by atoms with Crippen molar-refractivity contribution >= 4 is 51.7 Å². The molecule has 0 bridgehead atoms. The van der Waals surface area contributed by atoms with Gasteiger partial charge in [0.25, 0.3) is 0 Å². The molecule has 0 fully saturated rings. The minimum Gasteiger partial charge on any atom is -0.822 e. The average molecular weight is 436 g/mol. The number of rotatable bonds is 0. The maximum absolute atomic E-state index is 8.88. The van der Waals surface area contributed by atoms with E-state index in [2.05, 4.69) is 0 Å². The van der Waals surface area contributed by atoms with Crippen LogP contribution < -0.4 is 14.7 Å². The minimum absolute atomic E-state index is 0. The van der Waals surface area contributed by atoms with E-state index in [1.165, 1.54) is 0 Å². The molecule has 0 saturated carbocycles. The molecule has 0 aliphatic rings. The van der Waals surface area contributed by atoms with E-state index in [4.69, 9.17) is 38.5 Å². The molecule has 1 unspecified atom stereocenters. The third-order valence-electron chi connectivity index (χ3n) is 0. The van der Waals surface area contributed by atoms with Gasteiger partial charge in [0.15, 0.2) is 0 Å². The second-order valence-corrected chi connectivity index (χ2v) is 2.88. The Morgan fingerprint density at radius 3 is 0.917 bits per heavy atom. The maximum Gasteiger partial charge on any atom is 3.00 e. The smallest absolute Gasteiger partial charge is 0.822 e. The summed E-state index contributed by atoms with van der Waals surface area (Å²) in [6, 6.07) is 0. The van der Waals surface area contributed by atoms with Crippen molar-refractivity contribution in [2.24, 2.45) is 0 Å². The zero-order valence-corrected chi connectivity index (χ0v) is 12.1. The van der Waals surface area contributed by atoms with Crippen LogP contribution in [0.25, 0.3) is 0 Å². The van der Waals surface area contributed by atoms with Crippen LogP contribution in [0.15, 0.2) is 0 Å². The van der Waals surface area contributed by atoms with Gasteiger partial charge in [-0.3, -0.25) is 0 Å². The summed E-state index contributed by atoms with van der Waals surface area (Å²) < 4.78 is 17.4. The van der Waals surface area contributed by atoms with E-state index in [1.54, 1.807) is 0 Å². The van der Waals surface area contributed by atoms with Crippen LogP contribution in [0.2, 0.25) is 0 Å². The van der Waals surface area contributed by atoms with Crippen molar-refractivity contribution in [3.8, 4) is 0 Å². The fourth-order valence-electron chi connectivity index (χ4n) is 0. The van der Waals surface area contributed by atoms with Crippen LogP contribution in [0, 0.1) is 0 Å². The Balaban J connectivity index is -0.0000000457. The SMILES string of the molecule is O=P(O)(O)O.O=P([O-])([O-])[O-].P.[Bi+3]. The monoisotopic (exact) mass is 436 g/mol. The van der Waals surface area contributed by atoms with E-state index in [0.717, 1.165) is 0 Å². The average Bonchev–Trinajstić information content (AvgIpc) is 1.12. The zero-order chi connectivity index (χ0) is 9.00. The summed E-state index contributed by atoms with van der Waals surface area (Å²) in [6.45, 7) is 0. The predicted molar refractivity (Wildman–Crippen MR) is 38.7 cm³/mol. The van der Waals surface area contributed by atoms with Gasteiger partial charge in [-0.2, -0.15) is 17.7 Å². The standard InChI is InChI=1S/Bi.2H3O4P.H3P/c;2*1-5(2,3)4;/h;2*(H3,1,2,3,4);1H3/q+3;;;/p-3. The largest absolute Gasteiger partial charge is 3.00 e. The molecule has 0 aromatic carbocycles. The van der Waals surface area contributed by atoms with Gasteiger partial charge in [0.2, 0.25) is 0 Å². The van der Waals surface area contributed by atoms with Gasteiger partial charge >= 0.3 is 34.0 Å². The molecule has 1 atom stereocenters. The normalized spacial score (nSPS) is 9.83. The molecule has 2 radical (unpaired) electrons. The first-order valence-corrected chi connectivity index (χ1v) is 4.54. The predicted octanol–water partition coefficient (Wildman–Crippen LogP) is -4.08. The van der Waals surface area contributed by atoms with Crippen molar-refractivity contribution in [3.05, 3.63) is 0 Å². The van der Waals surface area contributed by atoms with E-state index < -0.39 is 15.6 Å². The molecule has 0 aromatic rings. The van der Waals surface area contributed by atoms with Crippen LogP contribution in [-0.2, 0) is 9.13 Å². The van der Waals surface area contributed by atoms with Gasteiger partial charge in [-0.1, -0.05) is 0 Å². The second-order valence-electron chi connectivity index (χ2n) is 0.960. The summed E-state index contributed by atoms with van der Waals surface area (Å²) in [7, 11) is -10.0. The van der Waals surface area contributed by atoms with Gasteiger partial charge in [-0.15, -0.1) is 0 Å². The molecule has 0 amide bonds. The van der Waals surface area contributed by atoms with E-state index in [0.29, 0.717) is 0 Å². The topological polar surface area (TPSA) is 164 Å². The summed E-state index contributed by atoms with van der Waals surface area (Å²) in [5.74, 6) is 0. The van der Waals surface area contributed by atoms with Crippen LogP contribution in [-0.4, -0.2) is 40.9 Å². The van der Waals surface area contributed by atoms with Crippen molar-refractivity contribution in [2.75, 3.05) is 0 Å². The molecular weight excluding hydrogens is 430 g/mol. The van der Waals surface area contributed by atoms with Crippen molar-refractivity contribution in [3.63, 3.8) is 0 Å². The summed E-state index contributed by atoms with van der Waals surface area (Å²) in [5, 5.41) is 0. The molecule has 0 rings (SSSR count). The number of hydrogen-bond donors (Lipinski definition) is 3. The molecule has 8 nitrogen and oxygen atoms in total. The van der Waals surface area contributed by atoms with Gasteiger partial charge in [0, 0.05) is 0 Å². The van der Waals surface area contributed by atoms with E-state index in [1.807, 2.05) is 0 Å². The van der Waals surface area contributed by atoms with Crippen LogP contribution in [0.4, 0.5) is 0 Å². The second kappa shape index (κ2) is 9.10. The van der Waals surface area contributed by atoms with Crippen LogP contribution in [0.5, 0.6) is 0 Å². The van der Waals surface area contributed by atoms with E-state index in [-0.39, 0.29) is 36.1 Å². The third kappa shape index (κ3) is 544. The molecule has 12 heteroatoms. The van der Waals surface area contributed by atoms with E-state index >= 15 is 0 Å². The minimum atomic E-state index is -5.39. The van der Waals surface area contributed by atoms with Crippen molar-refractivity contribution in [1.82, 2.24) is 0 Å². The number of phosphoric acid groups is 2. The Morgan fingerprint density at radius 1 is 0.917 bits per heavy atom. The first-order chi connectivity index (χ1) is 4.00. The van der Waals surface area contributed by atoms with Crippen molar-refractivity contribution < 1.29 is 38.5 Å². The Bertz CT molecular complexity index is 127. The molecule has 0 aromatic heterocycles. The van der Waals surface area contributed by atoms with Gasteiger partial charge in [-0.25, -0.2) is 4.57 Å². The quantitative estimate of drug-likeness (QED) is 0.255. The molecule has 74 valence electrons. The fraction of sp³-hybridized carbons (Fsp3) is 0. The summed E-state index contributed by atoms with van der Waals surface area (Å²) >= 11 is 0. The zero-order valence-electron chi connectivity index (χ0n) is 5.43.